The molecule has 2 heterocycles. The molecule has 1 aliphatic rings. The molecule has 2 rings (SSSR count). The van der Waals surface area contributed by atoms with Crippen LogP contribution >= 0.6 is 0 Å². The molecule has 7 nitrogen and oxygen atoms in total. The molecule has 1 unspecified atom stereocenters. The Kier molecular flexibility index (Phi) is 3.42. The van der Waals surface area contributed by atoms with Crippen LogP contribution in [0.1, 0.15) is 17.9 Å². The maximum atomic E-state index is 10.8. The summed E-state index contributed by atoms with van der Waals surface area (Å²) in [5.74, 6) is -1.04. The molecule has 1 aromatic heterocycles. The van der Waals surface area contributed by atoms with Gasteiger partial charge in [0.15, 0.2) is 0 Å². The summed E-state index contributed by atoms with van der Waals surface area (Å²) in [6.07, 6.45) is 3.17. The molecule has 1 aromatic rings. The molecule has 1 aliphatic heterocycles. The van der Waals surface area contributed by atoms with E-state index in [2.05, 4.69) is 26.9 Å². The van der Waals surface area contributed by atoms with Crippen LogP contribution in [0.2, 0.25) is 0 Å². The molecular weight excluding hydrogens is 210 g/mol. The summed E-state index contributed by atoms with van der Waals surface area (Å²) in [7, 11) is 0. The second-order valence-corrected chi connectivity index (χ2v) is 3.51. The van der Waals surface area contributed by atoms with Gasteiger partial charge in [0.2, 0.25) is 0 Å². The topological polar surface area (TPSA) is 98.3 Å². The van der Waals surface area contributed by atoms with Gasteiger partial charge < -0.3 is 5.11 Å². The van der Waals surface area contributed by atoms with Crippen LogP contribution in [0.15, 0.2) is 24.5 Å². The summed E-state index contributed by atoms with van der Waals surface area (Å²) < 4.78 is 0. The van der Waals surface area contributed by atoms with E-state index in [4.69, 9.17) is 5.11 Å². The van der Waals surface area contributed by atoms with Gasteiger partial charge in [0.1, 0.15) is 0 Å². The summed E-state index contributed by atoms with van der Waals surface area (Å²) in [5.41, 5.74) is 12.0. The Morgan fingerprint density at radius 1 is 1.50 bits per heavy atom. The maximum Gasteiger partial charge on any atom is 0.304 e. The molecule has 1 fully saturated rings. The molecule has 0 aromatic carbocycles. The maximum absolute atomic E-state index is 10.8. The largest absolute Gasteiger partial charge is 0.481 e. The predicted octanol–water partition coefficient (Wildman–Crippen LogP) is -0.917. The first kappa shape index (κ1) is 11.0. The highest BCUT2D eigenvalue weighted by Gasteiger charge is 2.27. The van der Waals surface area contributed by atoms with Crippen molar-refractivity contribution < 1.29 is 9.90 Å². The number of pyridine rings is 1. The Morgan fingerprint density at radius 2 is 2.25 bits per heavy atom. The van der Waals surface area contributed by atoms with Gasteiger partial charge in [0, 0.05) is 18.3 Å². The number of carboxylic acids is 1. The van der Waals surface area contributed by atoms with Crippen molar-refractivity contribution in [2.24, 2.45) is 0 Å². The van der Waals surface area contributed by atoms with E-state index in [9.17, 15) is 4.79 Å². The van der Waals surface area contributed by atoms with E-state index in [0.717, 1.165) is 5.56 Å². The van der Waals surface area contributed by atoms with Gasteiger partial charge in [-0.15, -0.1) is 0 Å². The van der Waals surface area contributed by atoms with Crippen LogP contribution in [0.4, 0.5) is 0 Å². The van der Waals surface area contributed by atoms with Crippen molar-refractivity contribution in [3.63, 3.8) is 0 Å². The van der Waals surface area contributed by atoms with Gasteiger partial charge in [-0.05, 0) is 11.6 Å². The Hall–Kier alpha value is -1.54. The lowest BCUT2D eigenvalue weighted by Gasteiger charge is -2.20. The zero-order chi connectivity index (χ0) is 11.4. The van der Waals surface area contributed by atoms with Crippen molar-refractivity contribution in [3.05, 3.63) is 30.1 Å². The van der Waals surface area contributed by atoms with E-state index in [1.807, 2.05) is 6.07 Å². The minimum atomic E-state index is -0.843. The number of hydrogen-bond donors (Lipinski definition) is 5. The first-order chi connectivity index (χ1) is 7.77. The average Bonchev–Trinajstić information content (AvgIpc) is 2.80. The third-order valence-electron chi connectivity index (χ3n) is 2.43. The highest BCUT2D eigenvalue weighted by atomic mass is 16.4. The van der Waals surface area contributed by atoms with Gasteiger partial charge in [0.05, 0.1) is 12.6 Å². The molecule has 1 saturated heterocycles. The fourth-order valence-corrected chi connectivity index (χ4v) is 1.68. The van der Waals surface area contributed by atoms with Gasteiger partial charge in [-0.25, -0.2) is 10.9 Å². The standard InChI is InChI=1S/C9H13N5O2/c15-8(16)4-7(9-11-13-14-12-9)6-2-1-3-10-5-6/h1-3,5,7,9,11-14H,4H2,(H,15,16). The minimum Gasteiger partial charge on any atom is -0.481 e. The fraction of sp³-hybridized carbons (Fsp3) is 0.333. The minimum absolute atomic E-state index is 0.0275. The summed E-state index contributed by atoms with van der Waals surface area (Å²) >= 11 is 0. The van der Waals surface area contributed by atoms with Crippen molar-refractivity contribution in [1.29, 1.82) is 0 Å². The van der Waals surface area contributed by atoms with E-state index in [-0.39, 0.29) is 18.5 Å². The Bertz CT molecular complexity index is 352. The molecule has 0 amide bonds. The Morgan fingerprint density at radius 3 is 2.81 bits per heavy atom. The monoisotopic (exact) mass is 223 g/mol. The number of aliphatic carboxylic acids is 1. The lowest BCUT2D eigenvalue weighted by Crippen LogP contribution is -2.40. The van der Waals surface area contributed by atoms with E-state index >= 15 is 0 Å². The number of nitrogens with zero attached hydrogens (tertiary/aromatic N) is 1. The first-order valence-corrected chi connectivity index (χ1v) is 4.90. The van der Waals surface area contributed by atoms with Crippen molar-refractivity contribution in [1.82, 2.24) is 26.9 Å². The summed E-state index contributed by atoms with van der Waals surface area (Å²) in [4.78, 5) is 14.8. The zero-order valence-electron chi connectivity index (χ0n) is 8.47. The van der Waals surface area contributed by atoms with E-state index in [1.165, 1.54) is 0 Å². The summed E-state index contributed by atoms with van der Waals surface area (Å²) in [5, 5.41) is 8.89. The molecule has 16 heavy (non-hydrogen) atoms. The van der Waals surface area contributed by atoms with Crippen LogP contribution in [-0.4, -0.2) is 22.2 Å². The predicted molar refractivity (Wildman–Crippen MR) is 55.6 cm³/mol. The average molecular weight is 223 g/mol. The quantitative estimate of drug-likeness (QED) is 0.450. The second-order valence-electron chi connectivity index (χ2n) is 3.51. The number of hydrazine groups is 3. The van der Waals surface area contributed by atoms with Gasteiger partial charge in [-0.1, -0.05) is 6.07 Å². The first-order valence-electron chi connectivity index (χ1n) is 4.90. The molecule has 0 radical (unpaired) electrons. The number of hydrogen-bond acceptors (Lipinski definition) is 6. The number of nitrogens with one attached hydrogen (secondary N) is 4. The highest BCUT2D eigenvalue weighted by molar-refractivity contribution is 5.68. The second kappa shape index (κ2) is 4.99. The van der Waals surface area contributed by atoms with Crippen LogP contribution in [0.25, 0.3) is 0 Å². The zero-order valence-corrected chi connectivity index (χ0v) is 8.47. The highest BCUT2D eigenvalue weighted by Crippen LogP contribution is 2.21. The van der Waals surface area contributed by atoms with E-state index in [0.29, 0.717) is 0 Å². The molecule has 5 N–H and O–H groups in total. The van der Waals surface area contributed by atoms with Crippen molar-refractivity contribution >= 4 is 5.97 Å². The molecule has 86 valence electrons. The molecule has 0 aliphatic carbocycles. The smallest absolute Gasteiger partial charge is 0.304 e. The molecule has 7 heteroatoms. The van der Waals surface area contributed by atoms with Gasteiger partial charge in [0.25, 0.3) is 0 Å². The SMILES string of the molecule is O=C(O)CC(c1cccnc1)C1NNNN1. The van der Waals surface area contributed by atoms with Gasteiger partial charge in [-0.2, -0.15) is 11.1 Å². The van der Waals surface area contributed by atoms with Crippen LogP contribution < -0.4 is 21.9 Å². The lowest BCUT2D eigenvalue weighted by molar-refractivity contribution is -0.137. The van der Waals surface area contributed by atoms with Crippen molar-refractivity contribution in [3.8, 4) is 0 Å². The third kappa shape index (κ3) is 2.52. The molecular formula is C9H13N5O2. The number of carboxylic acid groups (broad SMARTS) is 1. The number of aromatic nitrogens is 1. The number of rotatable bonds is 4. The molecule has 1 atom stereocenters. The van der Waals surface area contributed by atoms with E-state index < -0.39 is 5.97 Å². The summed E-state index contributed by atoms with van der Waals surface area (Å²) in [6.45, 7) is 0. The van der Waals surface area contributed by atoms with Crippen LogP contribution in [-0.2, 0) is 4.79 Å². The van der Waals surface area contributed by atoms with E-state index in [1.54, 1.807) is 18.5 Å². The molecule has 0 spiro atoms. The Balaban J connectivity index is 2.16. The van der Waals surface area contributed by atoms with Crippen molar-refractivity contribution in [2.45, 2.75) is 18.5 Å². The third-order valence-corrected chi connectivity index (χ3v) is 2.43. The fourth-order valence-electron chi connectivity index (χ4n) is 1.68. The normalized spacial score (nSPS) is 18.5. The summed E-state index contributed by atoms with van der Waals surface area (Å²) in [6, 6.07) is 3.66. The lowest BCUT2D eigenvalue weighted by atomic mass is 9.94. The molecule has 0 saturated carbocycles. The Labute approximate surface area is 92.2 Å². The van der Waals surface area contributed by atoms with Gasteiger partial charge in [-0.3, -0.25) is 9.78 Å². The van der Waals surface area contributed by atoms with Crippen LogP contribution in [0.5, 0.6) is 0 Å². The van der Waals surface area contributed by atoms with Crippen molar-refractivity contribution in [2.75, 3.05) is 0 Å². The van der Waals surface area contributed by atoms with Gasteiger partial charge >= 0.3 is 5.97 Å². The van der Waals surface area contributed by atoms with Crippen LogP contribution in [0.3, 0.4) is 0 Å². The van der Waals surface area contributed by atoms with Crippen LogP contribution in [0, 0.1) is 0 Å². The molecule has 0 bridgehead atoms. The number of carbonyl (C=O) groups is 1.